The van der Waals surface area contributed by atoms with Gasteiger partial charge in [0.25, 0.3) is 0 Å². The third-order valence-electron chi connectivity index (χ3n) is 3.69. The molecule has 0 N–H and O–H groups in total. The summed E-state index contributed by atoms with van der Waals surface area (Å²) in [6, 6.07) is 6.90. The van der Waals surface area contributed by atoms with Gasteiger partial charge in [-0.15, -0.1) is 11.8 Å². The number of amides is 1. The zero-order valence-corrected chi connectivity index (χ0v) is 12.4. The molecule has 2 heterocycles. The van der Waals surface area contributed by atoms with Crippen LogP contribution in [-0.4, -0.2) is 28.6 Å². The zero-order chi connectivity index (χ0) is 13.6. The van der Waals surface area contributed by atoms with E-state index in [9.17, 15) is 14.7 Å². The van der Waals surface area contributed by atoms with Gasteiger partial charge in [-0.05, 0) is 24.1 Å². The molecule has 0 bridgehead atoms. The molecule has 100 valence electrons. The number of thioether (sulfide) groups is 1. The lowest BCUT2D eigenvalue weighted by atomic mass is 10.0. The van der Waals surface area contributed by atoms with E-state index in [0.29, 0.717) is 18.6 Å². The number of rotatable bonds is 2. The molecule has 2 saturated heterocycles. The van der Waals surface area contributed by atoms with Gasteiger partial charge in [-0.1, -0.05) is 28.1 Å². The highest BCUT2D eigenvalue weighted by Crippen LogP contribution is 2.54. The number of carboxylic acid groups (broad SMARTS) is 1. The molecule has 1 aromatic rings. The lowest BCUT2D eigenvalue weighted by Gasteiger charge is -2.34. The average molecular weight is 341 g/mol. The van der Waals surface area contributed by atoms with Crippen LogP contribution in [0.5, 0.6) is 0 Å². The van der Waals surface area contributed by atoms with Gasteiger partial charge < -0.3 is 14.8 Å². The second-order valence-electron chi connectivity index (χ2n) is 4.70. The van der Waals surface area contributed by atoms with Crippen molar-refractivity contribution in [1.82, 2.24) is 4.90 Å². The van der Waals surface area contributed by atoms with E-state index in [-0.39, 0.29) is 5.91 Å². The molecule has 0 radical (unpaired) electrons. The van der Waals surface area contributed by atoms with Crippen LogP contribution in [0.4, 0.5) is 0 Å². The normalized spacial score (nSPS) is 29.6. The Morgan fingerprint density at radius 3 is 2.74 bits per heavy atom. The Morgan fingerprint density at radius 2 is 2.11 bits per heavy atom. The van der Waals surface area contributed by atoms with Gasteiger partial charge in [0.15, 0.2) is 0 Å². The molecular weight excluding hydrogens is 330 g/mol. The predicted molar refractivity (Wildman–Crippen MR) is 73.2 cm³/mol. The van der Waals surface area contributed by atoms with Gasteiger partial charge in [0.1, 0.15) is 4.87 Å². The first-order valence-electron chi connectivity index (χ1n) is 5.97. The lowest BCUT2D eigenvalue weighted by Crippen LogP contribution is -2.50. The molecule has 1 amide bonds. The fourth-order valence-electron chi connectivity index (χ4n) is 2.83. The quantitative estimate of drug-likeness (QED) is 0.808. The summed E-state index contributed by atoms with van der Waals surface area (Å²) in [5.74, 6) is -0.867. The summed E-state index contributed by atoms with van der Waals surface area (Å²) in [6.07, 6.45) is 1.05. The summed E-state index contributed by atoms with van der Waals surface area (Å²) in [5.41, 5.74) is 0.982. The highest BCUT2D eigenvalue weighted by Gasteiger charge is 2.55. The third-order valence-corrected chi connectivity index (χ3v) is 5.82. The van der Waals surface area contributed by atoms with Crippen LogP contribution in [0.25, 0.3) is 0 Å². The smallest absolute Gasteiger partial charge is 0.224 e. The Hall–Kier alpha value is -1.01. The van der Waals surface area contributed by atoms with Crippen LogP contribution in [0.1, 0.15) is 18.4 Å². The second-order valence-corrected chi connectivity index (χ2v) is 6.91. The lowest BCUT2D eigenvalue weighted by molar-refractivity contribution is -0.310. The van der Waals surface area contributed by atoms with Crippen LogP contribution in [0.3, 0.4) is 0 Å². The molecule has 2 fully saturated rings. The minimum Gasteiger partial charge on any atom is -0.548 e. The largest absolute Gasteiger partial charge is 0.548 e. The Morgan fingerprint density at radius 1 is 1.42 bits per heavy atom. The van der Waals surface area contributed by atoms with Gasteiger partial charge in [-0.25, -0.2) is 0 Å². The van der Waals surface area contributed by atoms with Crippen molar-refractivity contribution < 1.29 is 14.7 Å². The van der Waals surface area contributed by atoms with E-state index in [1.54, 1.807) is 0 Å². The zero-order valence-electron chi connectivity index (χ0n) is 9.97. The molecule has 2 aliphatic heterocycles. The molecule has 3 rings (SSSR count). The fraction of sp³-hybridized carbons (Fsp3) is 0.385. The number of carbonyl (C=O) groups excluding carboxylic acids is 2. The highest BCUT2D eigenvalue weighted by molar-refractivity contribution is 9.10. The Bertz CT molecular complexity index is 547. The van der Waals surface area contributed by atoms with Crippen molar-refractivity contribution in [2.24, 2.45) is 0 Å². The number of carbonyl (C=O) groups is 2. The van der Waals surface area contributed by atoms with E-state index >= 15 is 0 Å². The van der Waals surface area contributed by atoms with Gasteiger partial charge in [-0.2, -0.15) is 0 Å². The Kier molecular flexibility index (Phi) is 3.09. The molecule has 0 saturated carbocycles. The molecule has 6 heteroatoms. The maximum absolute atomic E-state index is 12.0. The summed E-state index contributed by atoms with van der Waals surface area (Å²) in [7, 11) is 0. The van der Waals surface area contributed by atoms with E-state index in [1.165, 1.54) is 16.7 Å². The van der Waals surface area contributed by atoms with Crippen LogP contribution in [-0.2, 0) is 14.5 Å². The Labute approximate surface area is 123 Å². The minimum absolute atomic E-state index is 0.0953. The molecule has 0 spiro atoms. The van der Waals surface area contributed by atoms with Crippen LogP contribution in [0.15, 0.2) is 28.7 Å². The van der Waals surface area contributed by atoms with Gasteiger partial charge in [-0.3, -0.25) is 4.79 Å². The molecular formula is C13H11BrNO3S-. The first kappa shape index (κ1) is 13.0. The van der Waals surface area contributed by atoms with E-state index in [0.717, 1.165) is 10.0 Å². The molecule has 19 heavy (non-hydrogen) atoms. The van der Waals surface area contributed by atoms with Crippen molar-refractivity contribution in [3.8, 4) is 0 Å². The number of hydrogen-bond donors (Lipinski definition) is 0. The summed E-state index contributed by atoms with van der Waals surface area (Å²) in [6.45, 7) is 0. The predicted octanol–water partition coefficient (Wildman–Crippen LogP) is 1.09. The molecule has 0 unspecified atom stereocenters. The van der Waals surface area contributed by atoms with E-state index in [2.05, 4.69) is 15.9 Å². The second kappa shape index (κ2) is 4.52. The van der Waals surface area contributed by atoms with Gasteiger partial charge in [0.05, 0.1) is 12.0 Å². The summed E-state index contributed by atoms with van der Waals surface area (Å²) < 4.78 is 0.961. The van der Waals surface area contributed by atoms with Gasteiger partial charge in [0.2, 0.25) is 5.91 Å². The number of carboxylic acids is 1. The van der Waals surface area contributed by atoms with Crippen molar-refractivity contribution in [3.05, 3.63) is 34.3 Å². The maximum Gasteiger partial charge on any atom is 0.224 e. The van der Waals surface area contributed by atoms with Crippen LogP contribution >= 0.6 is 27.7 Å². The molecule has 0 aromatic heterocycles. The first-order chi connectivity index (χ1) is 9.04. The minimum atomic E-state index is -1.17. The third kappa shape index (κ3) is 1.89. The molecule has 2 atom stereocenters. The van der Waals surface area contributed by atoms with Crippen LogP contribution < -0.4 is 5.11 Å². The number of aliphatic carboxylic acids is 1. The van der Waals surface area contributed by atoms with Crippen molar-refractivity contribution in [3.63, 3.8) is 0 Å². The Balaban J connectivity index is 2.05. The van der Waals surface area contributed by atoms with Gasteiger partial charge >= 0.3 is 0 Å². The number of halogens is 1. The summed E-state index contributed by atoms with van der Waals surface area (Å²) >= 11 is 4.91. The highest BCUT2D eigenvalue weighted by atomic mass is 79.9. The SMILES string of the molecule is O=C([O-])[C@@H]1CS[C@]2(c3ccc(Br)cc3)CCC(=O)N12. The monoisotopic (exact) mass is 340 g/mol. The van der Waals surface area contributed by atoms with Crippen molar-refractivity contribution in [2.45, 2.75) is 23.8 Å². The first-order valence-corrected chi connectivity index (χ1v) is 7.75. The van der Waals surface area contributed by atoms with Crippen molar-refractivity contribution in [1.29, 1.82) is 0 Å². The maximum atomic E-state index is 12.0. The number of benzene rings is 1. The molecule has 2 aliphatic rings. The summed E-state index contributed by atoms with van der Waals surface area (Å²) in [4.78, 5) is 24.2. The molecule has 0 aliphatic carbocycles. The van der Waals surface area contributed by atoms with E-state index in [4.69, 9.17) is 0 Å². The van der Waals surface area contributed by atoms with Crippen molar-refractivity contribution in [2.75, 3.05) is 5.75 Å². The van der Waals surface area contributed by atoms with Crippen molar-refractivity contribution >= 4 is 39.6 Å². The molecule has 4 nitrogen and oxygen atoms in total. The van der Waals surface area contributed by atoms with Gasteiger partial charge in [0, 0.05) is 16.6 Å². The number of nitrogens with zero attached hydrogens (tertiary/aromatic N) is 1. The summed E-state index contributed by atoms with van der Waals surface area (Å²) in [5, 5.41) is 11.2. The average Bonchev–Trinajstić information content (AvgIpc) is 2.90. The van der Waals surface area contributed by atoms with Crippen LogP contribution in [0, 0.1) is 0 Å². The topological polar surface area (TPSA) is 60.4 Å². The standard InChI is InChI=1S/C13H12BrNO3S/c14-9-3-1-8(2-4-9)13-6-5-11(16)15(13)10(7-19-13)12(17)18/h1-4,10H,5-7H2,(H,17,18)/p-1/t10-,13-/m0/s1. The van der Waals surface area contributed by atoms with E-state index in [1.807, 2.05) is 24.3 Å². The van der Waals surface area contributed by atoms with Crippen LogP contribution in [0.2, 0.25) is 0 Å². The fourth-order valence-corrected chi connectivity index (χ4v) is 4.73. The number of fused-ring (bicyclic) bond motifs is 1. The molecule has 1 aromatic carbocycles. The van der Waals surface area contributed by atoms with E-state index < -0.39 is 16.9 Å². The number of hydrogen-bond acceptors (Lipinski definition) is 4.